The fourth-order valence-corrected chi connectivity index (χ4v) is 1.41. The predicted molar refractivity (Wildman–Crippen MR) is 61.6 cm³/mol. The van der Waals surface area contributed by atoms with Crippen molar-refractivity contribution in [2.75, 3.05) is 26.3 Å². The molecule has 4 heteroatoms. The van der Waals surface area contributed by atoms with Crippen LogP contribution in [0.3, 0.4) is 0 Å². The number of amides is 1. The van der Waals surface area contributed by atoms with Crippen LogP contribution in [0.15, 0.2) is 0 Å². The van der Waals surface area contributed by atoms with Crippen molar-refractivity contribution in [3.63, 3.8) is 0 Å². The van der Waals surface area contributed by atoms with Crippen LogP contribution in [-0.4, -0.2) is 43.2 Å². The number of nitrogens with zero attached hydrogens (tertiary/aromatic N) is 1. The topological polar surface area (TPSA) is 55.6 Å². The molecule has 4 nitrogen and oxygen atoms in total. The molecule has 0 heterocycles. The van der Waals surface area contributed by atoms with Crippen LogP contribution >= 0.6 is 0 Å². The van der Waals surface area contributed by atoms with Crippen molar-refractivity contribution in [1.29, 1.82) is 0 Å². The van der Waals surface area contributed by atoms with Gasteiger partial charge in [0.1, 0.15) is 0 Å². The molecule has 0 unspecified atom stereocenters. The van der Waals surface area contributed by atoms with Gasteiger partial charge in [-0.2, -0.15) is 0 Å². The second-order valence-corrected chi connectivity index (χ2v) is 3.51. The van der Waals surface area contributed by atoms with E-state index in [0.717, 1.165) is 12.8 Å². The van der Waals surface area contributed by atoms with E-state index in [1.54, 1.807) is 4.90 Å². The van der Waals surface area contributed by atoms with E-state index in [0.29, 0.717) is 26.3 Å². The van der Waals surface area contributed by atoms with Gasteiger partial charge in [-0.05, 0) is 20.3 Å². The average molecular weight is 216 g/mol. The van der Waals surface area contributed by atoms with Gasteiger partial charge in [0.2, 0.25) is 5.91 Å². The minimum absolute atomic E-state index is 0.0408. The molecule has 0 aromatic rings. The van der Waals surface area contributed by atoms with E-state index in [-0.39, 0.29) is 11.9 Å². The summed E-state index contributed by atoms with van der Waals surface area (Å²) in [5.41, 5.74) is 5.78. The number of hydrogen-bond donors (Lipinski definition) is 1. The van der Waals surface area contributed by atoms with Crippen LogP contribution in [-0.2, 0) is 9.53 Å². The minimum Gasteiger partial charge on any atom is -0.380 e. The Labute approximate surface area is 92.8 Å². The molecular weight excluding hydrogens is 192 g/mol. The normalized spacial score (nSPS) is 12.5. The molecular formula is C11H24N2O2. The molecule has 0 aliphatic rings. The standard InChI is InChI=1S/C11H24N2O2/c1-4-7-10(12)11(14)13(5-2)8-9-15-6-3/h10H,4-9,12H2,1-3H3/t10-/m1/s1. The maximum absolute atomic E-state index is 11.8. The smallest absolute Gasteiger partial charge is 0.239 e. The van der Waals surface area contributed by atoms with Crippen molar-refractivity contribution in [1.82, 2.24) is 4.90 Å². The highest BCUT2D eigenvalue weighted by molar-refractivity contribution is 5.81. The van der Waals surface area contributed by atoms with E-state index in [9.17, 15) is 4.79 Å². The first-order chi connectivity index (χ1) is 7.17. The average Bonchev–Trinajstić information content (AvgIpc) is 2.24. The molecule has 1 amide bonds. The van der Waals surface area contributed by atoms with Crippen LogP contribution in [0.1, 0.15) is 33.6 Å². The molecule has 0 aromatic heterocycles. The third-order valence-electron chi connectivity index (χ3n) is 2.32. The lowest BCUT2D eigenvalue weighted by Gasteiger charge is -2.24. The lowest BCUT2D eigenvalue weighted by atomic mass is 10.1. The van der Waals surface area contributed by atoms with E-state index in [4.69, 9.17) is 10.5 Å². The highest BCUT2D eigenvalue weighted by atomic mass is 16.5. The lowest BCUT2D eigenvalue weighted by Crippen LogP contribution is -2.44. The zero-order chi connectivity index (χ0) is 11.7. The van der Waals surface area contributed by atoms with Gasteiger partial charge in [-0.15, -0.1) is 0 Å². The van der Waals surface area contributed by atoms with Gasteiger partial charge in [-0.1, -0.05) is 13.3 Å². The van der Waals surface area contributed by atoms with Crippen LogP contribution in [0.4, 0.5) is 0 Å². The second-order valence-electron chi connectivity index (χ2n) is 3.51. The Bertz CT molecular complexity index is 174. The zero-order valence-corrected chi connectivity index (χ0v) is 10.2. The first-order valence-corrected chi connectivity index (χ1v) is 5.79. The van der Waals surface area contributed by atoms with Gasteiger partial charge in [0.05, 0.1) is 12.6 Å². The zero-order valence-electron chi connectivity index (χ0n) is 10.2. The molecule has 0 saturated heterocycles. The Morgan fingerprint density at radius 2 is 2.07 bits per heavy atom. The predicted octanol–water partition coefficient (Wildman–Crippen LogP) is 0.999. The summed E-state index contributed by atoms with van der Waals surface area (Å²) in [5.74, 6) is 0.0408. The van der Waals surface area contributed by atoms with E-state index in [1.807, 2.05) is 20.8 Å². The highest BCUT2D eigenvalue weighted by Gasteiger charge is 2.18. The molecule has 0 bridgehead atoms. The van der Waals surface area contributed by atoms with Crippen LogP contribution in [0.2, 0.25) is 0 Å². The quantitative estimate of drug-likeness (QED) is 0.616. The number of ether oxygens (including phenoxy) is 1. The summed E-state index contributed by atoms with van der Waals surface area (Å²) in [6.07, 6.45) is 1.69. The van der Waals surface area contributed by atoms with Crippen molar-refractivity contribution in [2.45, 2.75) is 39.7 Å². The van der Waals surface area contributed by atoms with Crippen molar-refractivity contribution in [2.24, 2.45) is 5.73 Å². The van der Waals surface area contributed by atoms with E-state index < -0.39 is 0 Å². The molecule has 0 aromatic carbocycles. The molecule has 1 atom stereocenters. The van der Waals surface area contributed by atoms with E-state index in [1.165, 1.54) is 0 Å². The SMILES string of the molecule is CCC[C@@H](N)C(=O)N(CC)CCOCC. The number of rotatable bonds is 8. The second kappa shape index (κ2) is 8.68. The number of likely N-dealkylation sites (N-methyl/N-ethyl adjacent to an activating group) is 1. The van der Waals surface area contributed by atoms with E-state index in [2.05, 4.69) is 0 Å². The molecule has 0 aliphatic carbocycles. The number of nitrogens with two attached hydrogens (primary N) is 1. The van der Waals surface area contributed by atoms with Crippen LogP contribution in [0.5, 0.6) is 0 Å². The summed E-state index contributed by atoms with van der Waals surface area (Å²) in [7, 11) is 0. The summed E-state index contributed by atoms with van der Waals surface area (Å²) in [4.78, 5) is 13.6. The van der Waals surface area contributed by atoms with Crippen molar-refractivity contribution in [3.05, 3.63) is 0 Å². The molecule has 0 fully saturated rings. The molecule has 0 rings (SSSR count). The van der Waals surface area contributed by atoms with Gasteiger partial charge in [-0.3, -0.25) is 4.79 Å². The lowest BCUT2D eigenvalue weighted by molar-refractivity contribution is -0.133. The monoisotopic (exact) mass is 216 g/mol. The summed E-state index contributed by atoms with van der Waals surface area (Å²) in [5, 5.41) is 0. The number of carbonyl (C=O) groups excluding carboxylic acids is 1. The van der Waals surface area contributed by atoms with Crippen LogP contribution < -0.4 is 5.73 Å². The van der Waals surface area contributed by atoms with Gasteiger partial charge in [0, 0.05) is 19.7 Å². The van der Waals surface area contributed by atoms with Crippen LogP contribution in [0, 0.1) is 0 Å². The largest absolute Gasteiger partial charge is 0.380 e. The summed E-state index contributed by atoms with van der Waals surface area (Å²) in [6, 6.07) is -0.350. The first kappa shape index (κ1) is 14.4. The fraction of sp³-hybridized carbons (Fsp3) is 0.909. The van der Waals surface area contributed by atoms with Gasteiger partial charge in [0.15, 0.2) is 0 Å². The Hall–Kier alpha value is -0.610. The van der Waals surface area contributed by atoms with Gasteiger partial charge >= 0.3 is 0 Å². The molecule has 15 heavy (non-hydrogen) atoms. The number of hydrogen-bond acceptors (Lipinski definition) is 3. The summed E-state index contributed by atoms with van der Waals surface area (Å²) >= 11 is 0. The summed E-state index contributed by atoms with van der Waals surface area (Å²) in [6.45, 7) is 8.55. The number of carbonyl (C=O) groups is 1. The van der Waals surface area contributed by atoms with E-state index >= 15 is 0 Å². The van der Waals surface area contributed by atoms with Gasteiger partial charge in [0.25, 0.3) is 0 Å². The Kier molecular flexibility index (Phi) is 8.33. The third-order valence-corrected chi connectivity index (χ3v) is 2.32. The molecule has 90 valence electrons. The first-order valence-electron chi connectivity index (χ1n) is 5.79. The molecule has 0 radical (unpaired) electrons. The third kappa shape index (κ3) is 5.74. The fourth-order valence-electron chi connectivity index (χ4n) is 1.41. The Balaban J connectivity index is 3.97. The molecule has 2 N–H and O–H groups in total. The maximum atomic E-state index is 11.8. The molecule has 0 aliphatic heterocycles. The van der Waals surface area contributed by atoms with Gasteiger partial charge in [-0.25, -0.2) is 0 Å². The summed E-state index contributed by atoms with van der Waals surface area (Å²) < 4.78 is 5.22. The van der Waals surface area contributed by atoms with Crippen LogP contribution in [0.25, 0.3) is 0 Å². The van der Waals surface area contributed by atoms with Crippen molar-refractivity contribution >= 4 is 5.91 Å². The minimum atomic E-state index is -0.350. The highest BCUT2D eigenvalue weighted by Crippen LogP contribution is 2.00. The van der Waals surface area contributed by atoms with Gasteiger partial charge < -0.3 is 15.4 Å². The van der Waals surface area contributed by atoms with Crippen molar-refractivity contribution < 1.29 is 9.53 Å². The Morgan fingerprint density at radius 3 is 2.53 bits per heavy atom. The Morgan fingerprint density at radius 1 is 1.40 bits per heavy atom. The molecule has 0 saturated carbocycles. The molecule has 0 spiro atoms. The maximum Gasteiger partial charge on any atom is 0.239 e. The van der Waals surface area contributed by atoms with Crippen molar-refractivity contribution in [3.8, 4) is 0 Å².